The number of ether oxygens (including phenoxy) is 1. The van der Waals surface area contributed by atoms with Gasteiger partial charge < -0.3 is 20.0 Å². The van der Waals surface area contributed by atoms with Crippen LogP contribution in [0.25, 0.3) is 0 Å². The third-order valence-corrected chi connectivity index (χ3v) is 5.80. The van der Waals surface area contributed by atoms with Gasteiger partial charge in [-0.1, -0.05) is 6.07 Å². The summed E-state index contributed by atoms with van der Waals surface area (Å²) in [5, 5.41) is 15.3. The van der Waals surface area contributed by atoms with Gasteiger partial charge in [-0.05, 0) is 11.4 Å². The number of carboxylic acid groups (broad SMARTS) is 1. The number of fused-ring (bicyclic) bond motifs is 1. The number of amides is 2. The van der Waals surface area contributed by atoms with Crippen LogP contribution in [-0.4, -0.2) is 59.0 Å². The van der Waals surface area contributed by atoms with E-state index in [4.69, 9.17) is 4.74 Å². The molecule has 8 nitrogen and oxygen atoms in total. The smallest absolute Gasteiger partial charge is 0.546 e. The second kappa shape index (κ2) is 8.54. The first-order chi connectivity index (χ1) is 11.5. The van der Waals surface area contributed by atoms with Crippen LogP contribution in [0.5, 0.6) is 0 Å². The van der Waals surface area contributed by atoms with Gasteiger partial charge in [0.05, 0.1) is 25.3 Å². The molecule has 0 aromatic carbocycles. The third kappa shape index (κ3) is 4.20. The SMILES string of the molecule is COC1=N[C@@H](C(=O)[O-])N2C(=O)[C@H](NC(=O)Cc3cccs3)[C@@H]2SC1.[Na+]. The van der Waals surface area contributed by atoms with Crippen molar-refractivity contribution in [3.63, 3.8) is 0 Å². The summed E-state index contributed by atoms with van der Waals surface area (Å²) in [6.45, 7) is 0. The third-order valence-electron chi connectivity index (χ3n) is 3.67. The fraction of sp³-hybridized carbons (Fsp3) is 0.429. The van der Waals surface area contributed by atoms with Crippen LogP contribution in [0.3, 0.4) is 0 Å². The average Bonchev–Trinajstić information content (AvgIpc) is 2.98. The van der Waals surface area contributed by atoms with Crippen molar-refractivity contribution in [3.8, 4) is 0 Å². The molecule has 2 amide bonds. The Labute approximate surface area is 174 Å². The molecule has 0 spiro atoms. The van der Waals surface area contributed by atoms with E-state index in [0.717, 1.165) is 9.78 Å². The standard InChI is InChI=1S/C14H15N3O5S2.Na/c1-22-9-6-24-13-10(12(19)17(13)11(16-9)14(20)21)15-8(18)5-7-3-2-4-23-7;/h2-4,10-11,13H,5-6H2,1H3,(H,15,18)(H,20,21);/q;+1/p-1/t10-,11+,13-;/m0./s1. The second-order valence-electron chi connectivity index (χ2n) is 5.17. The van der Waals surface area contributed by atoms with E-state index in [9.17, 15) is 19.5 Å². The number of thiophene rings is 1. The van der Waals surface area contributed by atoms with E-state index in [-0.39, 0.29) is 47.8 Å². The van der Waals surface area contributed by atoms with Crippen LogP contribution in [-0.2, 0) is 25.5 Å². The molecule has 1 N–H and O–H groups in total. The molecule has 1 fully saturated rings. The minimum Gasteiger partial charge on any atom is -0.546 e. The largest absolute Gasteiger partial charge is 1.00 e. The van der Waals surface area contributed by atoms with Crippen molar-refractivity contribution in [3.05, 3.63) is 22.4 Å². The van der Waals surface area contributed by atoms with Gasteiger partial charge in [-0.25, -0.2) is 4.99 Å². The van der Waals surface area contributed by atoms with Gasteiger partial charge in [0.15, 0.2) is 12.1 Å². The number of nitrogens with zero attached hydrogens (tertiary/aromatic N) is 2. The van der Waals surface area contributed by atoms with Crippen LogP contribution in [0.2, 0.25) is 0 Å². The van der Waals surface area contributed by atoms with Gasteiger partial charge in [0.1, 0.15) is 11.4 Å². The van der Waals surface area contributed by atoms with E-state index in [1.54, 1.807) is 0 Å². The van der Waals surface area contributed by atoms with Gasteiger partial charge >= 0.3 is 29.6 Å². The molecular formula is C14H14N3NaO5S2. The first kappa shape index (κ1) is 20.2. The number of nitrogens with one attached hydrogen (secondary N) is 1. The topological polar surface area (TPSA) is 111 Å². The van der Waals surface area contributed by atoms with Gasteiger partial charge in [-0.3, -0.25) is 14.5 Å². The molecule has 3 atom stereocenters. The predicted molar refractivity (Wildman–Crippen MR) is 86.3 cm³/mol. The van der Waals surface area contributed by atoms with Gasteiger partial charge in [-0.15, -0.1) is 23.1 Å². The number of hydrogen-bond donors (Lipinski definition) is 1. The summed E-state index contributed by atoms with van der Waals surface area (Å²) in [5.74, 6) is -1.71. The first-order valence-electron chi connectivity index (χ1n) is 7.08. The molecule has 3 heterocycles. The minimum absolute atomic E-state index is 0. The van der Waals surface area contributed by atoms with Crippen LogP contribution in [0.1, 0.15) is 4.88 Å². The van der Waals surface area contributed by atoms with Gasteiger partial charge in [0, 0.05) is 4.88 Å². The fourth-order valence-electron chi connectivity index (χ4n) is 2.52. The van der Waals surface area contributed by atoms with Gasteiger partial charge in [0.25, 0.3) is 5.91 Å². The molecular weight excluding hydrogens is 377 g/mol. The zero-order chi connectivity index (χ0) is 17.3. The summed E-state index contributed by atoms with van der Waals surface area (Å²) in [5.41, 5.74) is 0. The molecule has 3 rings (SSSR count). The van der Waals surface area contributed by atoms with Crippen LogP contribution in [0.4, 0.5) is 0 Å². The number of carboxylic acids is 1. The van der Waals surface area contributed by atoms with E-state index >= 15 is 0 Å². The number of aliphatic carboxylic acids is 1. The number of rotatable bonds is 4. The van der Waals surface area contributed by atoms with Gasteiger partial charge in [-0.2, -0.15) is 0 Å². The Morgan fingerprint density at radius 3 is 2.88 bits per heavy atom. The molecule has 1 saturated heterocycles. The summed E-state index contributed by atoms with van der Waals surface area (Å²) < 4.78 is 5.01. The minimum atomic E-state index is -1.48. The Balaban J connectivity index is 0.00000225. The Bertz CT molecular complexity index is 697. The van der Waals surface area contributed by atoms with E-state index in [1.165, 1.54) is 30.2 Å². The molecule has 0 radical (unpaired) electrons. The Hall–Kier alpha value is -1.07. The monoisotopic (exact) mass is 391 g/mol. The van der Waals surface area contributed by atoms with E-state index in [1.807, 2.05) is 17.5 Å². The van der Waals surface area contributed by atoms with Crippen molar-refractivity contribution in [1.29, 1.82) is 0 Å². The molecule has 1 aromatic rings. The van der Waals surface area contributed by atoms with Crippen LogP contribution in [0, 0.1) is 0 Å². The summed E-state index contributed by atoms with van der Waals surface area (Å²) in [4.78, 5) is 41.6. The molecule has 0 unspecified atom stereocenters. The molecule has 0 bridgehead atoms. The van der Waals surface area contributed by atoms with Crippen molar-refractivity contribution in [2.45, 2.75) is 24.0 Å². The Morgan fingerprint density at radius 2 is 2.28 bits per heavy atom. The van der Waals surface area contributed by atoms with Crippen LogP contribution < -0.4 is 40.0 Å². The number of thioether (sulfide) groups is 1. The van der Waals surface area contributed by atoms with E-state index in [2.05, 4.69) is 10.3 Å². The Morgan fingerprint density at radius 1 is 1.52 bits per heavy atom. The molecule has 0 saturated carbocycles. The summed E-state index contributed by atoms with van der Waals surface area (Å²) in [7, 11) is 1.39. The first-order valence-corrected chi connectivity index (χ1v) is 9.01. The molecule has 11 heteroatoms. The van der Waals surface area contributed by atoms with Crippen molar-refractivity contribution in [2.75, 3.05) is 12.9 Å². The molecule has 128 valence electrons. The van der Waals surface area contributed by atoms with Crippen LogP contribution >= 0.6 is 23.1 Å². The zero-order valence-electron chi connectivity index (χ0n) is 13.6. The summed E-state index contributed by atoms with van der Waals surface area (Å²) in [6, 6.07) is 2.92. The molecule has 0 aliphatic carbocycles. The maximum absolute atomic E-state index is 12.3. The van der Waals surface area contributed by atoms with Gasteiger partial charge in [0.2, 0.25) is 5.91 Å². The van der Waals surface area contributed by atoms with Crippen molar-refractivity contribution in [2.24, 2.45) is 4.99 Å². The normalized spacial score (nSPS) is 24.8. The fourth-order valence-corrected chi connectivity index (χ4v) is 4.49. The molecule has 2 aliphatic rings. The molecule has 2 aliphatic heterocycles. The maximum atomic E-state index is 12.3. The average molecular weight is 391 g/mol. The number of β-lactam (4-membered cyclic amide) rings is 1. The number of carbonyl (C=O) groups is 3. The van der Waals surface area contributed by atoms with Crippen molar-refractivity contribution < 1.29 is 53.8 Å². The van der Waals surface area contributed by atoms with E-state index in [0.29, 0.717) is 5.75 Å². The molecule has 1 aromatic heterocycles. The Kier molecular flexibility index (Phi) is 6.92. The zero-order valence-corrected chi connectivity index (χ0v) is 17.3. The second-order valence-corrected chi connectivity index (χ2v) is 7.31. The predicted octanol–water partition coefficient (Wildman–Crippen LogP) is -4.18. The number of methoxy groups -OCH3 is 1. The summed E-state index contributed by atoms with van der Waals surface area (Å²) >= 11 is 2.75. The number of aliphatic imine (C=N–C) groups is 1. The molecule has 25 heavy (non-hydrogen) atoms. The van der Waals surface area contributed by atoms with E-state index < -0.39 is 29.5 Å². The summed E-state index contributed by atoms with van der Waals surface area (Å²) in [6.07, 6.45) is -1.25. The van der Waals surface area contributed by atoms with Crippen molar-refractivity contribution in [1.82, 2.24) is 10.2 Å². The number of carbonyl (C=O) groups excluding carboxylic acids is 3. The maximum Gasteiger partial charge on any atom is 1.00 e. The van der Waals surface area contributed by atoms with Crippen LogP contribution in [0.15, 0.2) is 22.5 Å². The van der Waals surface area contributed by atoms with Crippen molar-refractivity contribution >= 4 is 46.8 Å². The number of hydrogen-bond acceptors (Lipinski definition) is 8. The quantitative estimate of drug-likeness (QED) is 0.412.